The summed E-state index contributed by atoms with van der Waals surface area (Å²) in [5, 5.41) is 19.7. The highest BCUT2D eigenvalue weighted by molar-refractivity contribution is 5.98. The van der Waals surface area contributed by atoms with Crippen LogP contribution in [-0.4, -0.2) is 36.1 Å². The lowest BCUT2D eigenvalue weighted by Crippen LogP contribution is -2.00. The van der Waals surface area contributed by atoms with Crippen molar-refractivity contribution in [3.8, 4) is 28.8 Å². The number of aromatic hydroxyl groups is 1. The van der Waals surface area contributed by atoms with Crippen molar-refractivity contribution >= 4 is 16.9 Å². The van der Waals surface area contributed by atoms with Gasteiger partial charge in [-0.2, -0.15) is 0 Å². The fourth-order valence-electron chi connectivity index (χ4n) is 2.88. The summed E-state index contributed by atoms with van der Waals surface area (Å²) in [7, 11) is 0. The van der Waals surface area contributed by atoms with Gasteiger partial charge in [0.1, 0.15) is 17.1 Å². The molecule has 0 atom stereocenters. The number of carboxylic acid groups (broad SMARTS) is 1. The Morgan fingerprint density at radius 1 is 1.03 bits per heavy atom. The summed E-state index contributed by atoms with van der Waals surface area (Å²) in [4.78, 5) is 28.6. The molecule has 0 fully saturated rings. The minimum absolute atomic E-state index is 0.227. The fourth-order valence-corrected chi connectivity index (χ4v) is 2.88. The van der Waals surface area contributed by atoms with E-state index in [1.165, 1.54) is 18.3 Å². The van der Waals surface area contributed by atoms with Crippen molar-refractivity contribution in [2.75, 3.05) is 0 Å². The van der Waals surface area contributed by atoms with Crippen molar-refractivity contribution in [3.63, 3.8) is 0 Å². The molecule has 0 radical (unpaired) electrons. The lowest BCUT2D eigenvalue weighted by molar-refractivity contribution is 0.0694. The quantitative estimate of drug-likeness (QED) is 0.529. The molecule has 4 aromatic rings. The minimum Gasteiger partial charge on any atom is -0.507 e. The van der Waals surface area contributed by atoms with Crippen molar-refractivity contribution in [1.82, 2.24) is 19.9 Å². The highest BCUT2D eigenvalue weighted by Crippen LogP contribution is 2.36. The molecule has 3 aromatic heterocycles. The molecule has 0 aliphatic rings. The standard InChI is InChI=1S/C21H16N4O4/c1-2-12-4-5-18(19(25-12)20-23-7-3-8-24-20)29-17-6-9-22-15-10-14(21(27)28)16(26)11-13(15)17/h3-11,26H,2H2,1H3,(H,27,28). The second-order valence-electron chi connectivity index (χ2n) is 6.18. The van der Waals surface area contributed by atoms with Crippen LogP contribution < -0.4 is 4.74 Å². The van der Waals surface area contributed by atoms with Crippen molar-refractivity contribution in [3.05, 3.63) is 66.2 Å². The maximum absolute atomic E-state index is 11.3. The molecule has 1 aromatic carbocycles. The first kappa shape index (κ1) is 18.3. The van der Waals surface area contributed by atoms with Gasteiger partial charge < -0.3 is 14.9 Å². The van der Waals surface area contributed by atoms with Gasteiger partial charge in [0, 0.05) is 29.7 Å². The largest absolute Gasteiger partial charge is 0.507 e. The van der Waals surface area contributed by atoms with Gasteiger partial charge in [0.15, 0.2) is 17.3 Å². The van der Waals surface area contributed by atoms with Gasteiger partial charge in [0.2, 0.25) is 0 Å². The van der Waals surface area contributed by atoms with Crippen molar-refractivity contribution in [2.24, 2.45) is 0 Å². The first-order valence-corrected chi connectivity index (χ1v) is 8.87. The Hall–Kier alpha value is -4.07. The zero-order valence-corrected chi connectivity index (χ0v) is 15.4. The smallest absolute Gasteiger partial charge is 0.339 e. The lowest BCUT2D eigenvalue weighted by Gasteiger charge is -2.13. The number of phenols is 1. The Balaban J connectivity index is 1.83. The van der Waals surface area contributed by atoms with E-state index in [1.807, 2.05) is 13.0 Å². The van der Waals surface area contributed by atoms with Crippen LogP contribution in [0.3, 0.4) is 0 Å². The van der Waals surface area contributed by atoms with Gasteiger partial charge in [0.25, 0.3) is 0 Å². The molecule has 2 N–H and O–H groups in total. The van der Waals surface area contributed by atoms with Gasteiger partial charge in [0.05, 0.1) is 5.52 Å². The molecule has 0 bridgehead atoms. The van der Waals surface area contributed by atoms with E-state index < -0.39 is 5.97 Å². The number of rotatable bonds is 5. The van der Waals surface area contributed by atoms with E-state index in [-0.39, 0.29) is 11.3 Å². The molecule has 0 unspecified atom stereocenters. The number of hydrogen-bond acceptors (Lipinski definition) is 7. The molecule has 0 aliphatic carbocycles. The van der Waals surface area contributed by atoms with Crippen LogP contribution in [-0.2, 0) is 6.42 Å². The van der Waals surface area contributed by atoms with Crippen LogP contribution in [0.4, 0.5) is 0 Å². The highest BCUT2D eigenvalue weighted by atomic mass is 16.5. The molecule has 0 amide bonds. The zero-order chi connectivity index (χ0) is 20.4. The number of hydrogen-bond donors (Lipinski definition) is 2. The first-order chi connectivity index (χ1) is 14.1. The topological polar surface area (TPSA) is 118 Å². The molecule has 0 aliphatic heterocycles. The number of carboxylic acids is 1. The van der Waals surface area contributed by atoms with E-state index in [2.05, 4.69) is 19.9 Å². The van der Waals surface area contributed by atoms with Gasteiger partial charge in [-0.15, -0.1) is 0 Å². The van der Waals surface area contributed by atoms with E-state index in [9.17, 15) is 15.0 Å². The van der Waals surface area contributed by atoms with Crippen molar-refractivity contribution in [1.29, 1.82) is 0 Å². The van der Waals surface area contributed by atoms with E-state index in [0.29, 0.717) is 33.9 Å². The van der Waals surface area contributed by atoms with Gasteiger partial charge in [-0.3, -0.25) is 4.98 Å². The summed E-state index contributed by atoms with van der Waals surface area (Å²) in [6.45, 7) is 2.00. The summed E-state index contributed by atoms with van der Waals surface area (Å²) >= 11 is 0. The second-order valence-corrected chi connectivity index (χ2v) is 6.18. The average molecular weight is 388 g/mol. The van der Waals surface area contributed by atoms with Gasteiger partial charge in [-0.1, -0.05) is 6.92 Å². The van der Waals surface area contributed by atoms with E-state index in [1.54, 1.807) is 30.6 Å². The molecule has 8 nitrogen and oxygen atoms in total. The zero-order valence-electron chi connectivity index (χ0n) is 15.4. The Kier molecular flexibility index (Phi) is 4.74. The third-order valence-electron chi connectivity index (χ3n) is 4.33. The van der Waals surface area contributed by atoms with Crippen LogP contribution in [0.2, 0.25) is 0 Å². The number of aromatic nitrogens is 4. The number of benzene rings is 1. The predicted octanol–water partition coefficient (Wildman–Crippen LogP) is 3.85. The SMILES string of the molecule is CCc1ccc(Oc2ccnc3cc(C(=O)O)c(O)cc23)c(-c2ncccn2)n1. The van der Waals surface area contributed by atoms with Crippen LogP contribution in [0, 0.1) is 0 Å². The lowest BCUT2D eigenvalue weighted by atomic mass is 10.1. The maximum Gasteiger partial charge on any atom is 0.339 e. The van der Waals surface area contributed by atoms with Crippen molar-refractivity contribution in [2.45, 2.75) is 13.3 Å². The first-order valence-electron chi connectivity index (χ1n) is 8.87. The third kappa shape index (κ3) is 3.55. The number of pyridine rings is 2. The van der Waals surface area contributed by atoms with Gasteiger partial charge in [-0.05, 0) is 42.8 Å². The van der Waals surface area contributed by atoms with Crippen molar-refractivity contribution < 1.29 is 19.7 Å². The van der Waals surface area contributed by atoms with E-state index in [0.717, 1.165) is 12.1 Å². The van der Waals surface area contributed by atoms with Crippen LogP contribution in [0.15, 0.2) is 55.0 Å². The monoisotopic (exact) mass is 388 g/mol. The normalized spacial score (nSPS) is 10.8. The van der Waals surface area contributed by atoms with Gasteiger partial charge in [-0.25, -0.2) is 19.7 Å². The molecule has 0 saturated heterocycles. The van der Waals surface area contributed by atoms with Crippen LogP contribution in [0.1, 0.15) is 23.0 Å². The molecule has 0 spiro atoms. The minimum atomic E-state index is -1.24. The number of aryl methyl sites for hydroxylation is 1. The number of fused-ring (bicyclic) bond motifs is 1. The number of ether oxygens (including phenoxy) is 1. The predicted molar refractivity (Wildman–Crippen MR) is 105 cm³/mol. The number of nitrogens with zero attached hydrogens (tertiary/aromatic N) is 4. The number of carbonyl (C=O) groups is 1. The summed E-state index contributed by atoms with van der Waals surface area (Å²) in [5.41, 5.74) is 1.51. The molecular weight excluding hydrogens is 372 g/mol. The molecular formula is C21H16N4O4. The Morgan fingerprint density at radius 3 is 2.55 bits per heavy atom. The number of aromatic carboxylic acids is 1. The van der Waals surface area contributed by atoms with Crippen LogP contribution in [0.25, 0.3) is 22.4 Å². The van der Waals surface area contributed by atoms with Crippen LogP contribution in [0.5, 0.6) is 17.2 Å². The average Bonchev–Trinajstić information content (AvgIpc) is 2.74. The molecule has 0 saturated carbocycles. The summed E-state index contributed by atoms with van der Waals surface area (Å²) in [6.07, 6.45) is 5.50. The molecule has 8 heteroatoms. The van der Waals surface area contributed by atoms with E-state index >= 15 is 0 Å². The Bertz CT molecular complexity index is 1210. The van der Waals surface area contributed by atoms with Gasteiger partial charge >= 0.3 is 5.97 Å². The van der Waals surface area contributed by atoms with E-state index in [4.69, 9.17) is 4.74 Å². The maximum atomic E-state index is 11.3. The summed E-state index contributed by atoms with van der Waals surface area (Å²) in [6, 6.07) is 9.62. The summed E-state index contributed by atoms with van der Waals surface area (Å²) in [5.74, 6) is -0.352. The van der Waals surface area contributed by atoms with Crippen LogP contribution >= 0.6 is 0 Å². The third-order valence-corrected chi connectivity index (χ3v) is 4.33. The Labute approximate surface area is 165 Å². The Morgan fingerprint density at radius 2 is 1.83 bits per heavy atom. The highest BCUT2D eigenvalue weighted by Gasteiger charge is 2.17. The molecule has 3 heterocycles. The molecule has 29 heavy (non-hydrogen) atoms. The second kappa shape index (κ2) is 7.51. The molecule has 144 valence electrons. The fraction of sp³-hybridized carbons (Fsp3) is 0.0952. The summed E-state index contributed by atoms with van der Waals surface area (Å²) < 4.78 is 6.09. The molecule has 4 rings (SSSR count).